The molecule has 2 rings (SSSR count). The van der Waals surface area contributed by atoms with E-state index < -0.39 is 11.6 Å². The summed E-state index contributed by atoms with van der Waals surface area (Å²) in [6, 6.07) is 3.10. The van der Waals surface area contributed by atoms with Gasteiger partial charge in [0.25, 0.3) is 0 Å². The molecule has 1 aromatic rings. The van der Waals surface area contributed by atoms with Gasteiger partial charge < -0.3 is 0 Å². The Morgan fingerprint density at radius 2 is 2.06 bits per heavy atom. The fourth-order valence-corrected chi connectivity index (χ4v) is 2.76. The van der Waals surface area contributed by atoms with Gasteiger partial charge in [0.1, 0.15) is 11.6 Å². The van der Waals surface area contributed by atoms with E-state index in [2.05, 4.69) is 20.8 Å². The lowest BCUT2D eigenvalue weighted by Gasteiger charge is -2.37. The molecule has 18 heavy (non-hydrogen) atoms. The van der Waals surface area contributed by atoms with Crippen molar-refractivity contribution in [2.24, 2.45) is 0 Å². The maximum atomic E-state index is 13.9. The van der Waals surface area contributed by atoms with Crippen LogP contribution in [0.2, 0.25) is 0 Å². The summed E-state index contributed by atoms with van der Waals surface area (Å²) in [5, 5.41) is 0. The highest BCUT2D eigenvalue weighted by molar-refractivity contribution is 9.10. The first-order valence-corrected chi connectivity index (χ1v) is 7.38. The van der Waals surface area contributed by atoms with E-state index in [-0.39, 0.29) is 12.1 Å². The summed E-state index contributed by atoms with van der Waals surface area (Å²) in [5.74, 6) is -0.517. The maximum Gasteiger partial charge on any atom is 0.144 e. The summed E-state index contributed by atoms with van der Waals surface area (Å²) < 4.78 is 27.9. The molecular weight excluding hydrogens is 324 g/mol. The van der Waals surface area contributed by atoms with Crippen LogP contribution in [0.1, 0.15) is 24.8 Å². The van der Waals surface area contributed by atoms with Gasteiger partial charge in [-0.15, -0.1) is 11.6 Å². The van der Waals surface area contributed by atoms with Crippen LogP contribution in [0.5, 0.6) is 0 Å². The second kappa shape index (κ2) is 6.31. The molecule has 1 nitrogen and oxygen atoms in total. The average molecular weight is 339 g/mol. The minimum Gasteiger partial charge on any atom is -0.295 e. The van der Waals surface area contributed by atoms with Crippen LogP contribution < -0.4 is 0 Å². The first-order valence-electron chi connectivity index (χ1n) is 6.06. The predicted octanol–water partition coefficient (Wildman–Crippen LogP) is 4.32. The minimum atomic E-state index is -0.506. The molecule has 0 saturated heterocycles. The van der Waals surface area contributed by atoms with E-state index in [1.807, 2.05) is 0 Å². The van der Waals surface area contributed by atoms with Gasteiger partial charge in [0.2, 0.25) is 0 Å². The normalized spacial score (nSPS) is 16.1. The highest BCUT2D eigenvalue weighted by Gasteiger charge is 2.26. The molecule has 0 radical (unpaired) electrons. The van der Waals surface area contributed by atoms with Gasteiger partial charge in [-0.25, -0.2) is 8.78 Å². The Hall–Kier alpha value is -0.190. The summed E-state index contributed by atoms with van der Waals surface area (Å²) in [4.78, 5) is 2.07. The molecule has 0 N–H and O–H groups in total. The Morgan fingerprint density at radius 3 is 2.61 bits per heavy atom. The summed E-state index contributed by atoms with van der Waals surface area (Å²) >= 11 is 8.85. The molecule has 1 fully saturated rings. The lowest BCUT2D eigenvalue weighted by Crippen LogP contribution is -2.41. The quantitative estimate of drug-likeness (QED) is 0.571. The van der Waals surface area contributed by atoms with Crippen LogP contribution in [-0.2, 0) is 6.54 Å². The lowest BCUT2D eigenvalue weighted by molar-refractivity contribution is 0.124. The Labute approximate surface area is 119 Å². The second-order valence-corrected chi connectivity index (χ2v) is 5.80. The molecule has 0 amide bonds. The van der Waals surface area contributed by atoms with Crippen molar-refractivity contribution in [3.8, 4) is 0 Å². The highest BCUT2D eigenvalue weighted by atomic mass is 79.9. The number of hydrogen-bond acceptors (Lipinski definition) is 1. The number of rotatable bonds is 5. The van der Waals surface area contributed by atoms with Crippen molar-refractivity contribution >= 4 is 27.5 Å². The van der Waals surface area contributed by atoms with Gasteiger partial charge >= 0.3 is 0 Å². The smallest absolute Gasteiger partial charge is 0.144 e. The average Bonchev–Trinajstić information content (AvgIpc) is 2.27. The fraction of sp³-hybridized carbons (Fsp3) is 0.538. The Morgan fingerprint density at radius 1 is 1.33 bits per heavy atom. The molecule has 0 bridgehead atoms. The van der Waals surface area contributed by atoms with Crippen LogP contribution in [0.15, 0.2) is 16.6 Å². The molecule has 0 spiro atoms. The number of nitrogens with zero attached hydrogens (tertiary/aromatic N) is 1. The summed E-state index contributed by atoms with van der Waals surface area (Å²) in [6.45, 7) is 0.951. The van der Waals surface area contributed by atoms with Crippen molar-refractivity contribution in [1.82, 2.24) is 4.90 Å². The van der Waals surface area contributed by atoms with Crippen molar-refractivity contribution < 1.29 is 8.78 Å². The van der Waals surface area contributed by atoms with E-state index in [1.54, 1.807) is 0 Å². The third-order valence-electron chi connectivity index (χ3n) is 3.46. The molecular formula is C13H15BrClF2N. The Kier molecular flexibility index (Phi) is 4.98. The van der Waals surface area contributed by atoms with Gasteiger partial charge in [0.15, 0.2) is 0 Å². The maximum absolute atomic E-state index is 13.9. The molecule has 5 heteroatoms. The molecule has 1 saturated carbocycles. The third kappa shape index (κ3) is 3.03. The lowest BCUT2D eigenvalue weighted by atomic mass is 9.91. The summed E-state index contributed by atoms with van der Waals surface area (Å²) in [6.07, 6.45) is 3.37. The Balaban J connectivity index is 2.17. The largest absolute Gasteiger partial charge is 0.295 e. The zero-order valence-electron chi connectivity index (χ0n) is 9.93. The van der Waals surface area contributed by atoms with E-state index >= 15 is 0 Å². The van der Waals surface area contributed by atoms with Crippen LogP contribution in [-0.4, -0.2) is 23.4 Å². The second-order valence-electron chi connectivity index (χ2n) is 4.57. The van der Waals surface area contributed by atoms with E-state index in [4.69, 9.17) is 11.6 Å². The summed E-state index contributed by atoms with van der Waals surface area (Å²) in [5.41, 5.74) is 0.126. The fourth-order valence-electron chi connectivity index (χ4n) is 2.17. The number of halogens is 4. The van der Waals surface area contributed by atoms with Crippen molar-refractivity contribution in [2.45, 2.75) is 31.8 Å². The van der Waals surface area contributed by atoms with Crippen LogP contribution in [0.3, 0.4) is 0 Å². The predicted molar refractivity (Wildman–Crippen MR) is 72.8 cm³/mol. The van der Waals surface area contributed by atoms with E-state index in [0.29, 0.717) is 22.9 Å². The van der Waals surface area contributed by atoms with Crippen molar-refractivity contribution in [3.05, 3.63) is 33.8 Å². The first-order chi connectivity index (χ1) is 8.63. The number of hydrogen-bond donors (Lipinski definition) is 0. The van der Waals surface area contributed by atoms with Crippen LogP contribution in [0.25, 0.3) is 0 Å². The zero-order valence-corrected chi connectivity index (χ0v) is 12.3. The molecule has 1 aromatic carbocycles. The zero-order chi connectivity index (χ0) is 13.1. The van der Waals surface area contributed by atoms with Crippen LogP contribution in [0, 0.1) is 11.6 Å². The molecule has 1 aliphatic carbocycles. The van der Waals surface area contributed by atoms with Gasteiger partial charge in [-0.05, 0) is 40.9 Å². The minimum absolute atomic E-state index is 0.126. The van der Waals surface area contributed by atoms with Crippen LogP contribution in [0.4, 0.5) is 8.78 Å². The highest BCUT2D eigenvalue weighted by Crippen LogP contribution is 2.29. The summed E-state index contributed by atoms with van der Waals surface area (Å²) in [7, 11) is 0. The van der Waals surface area contributed by atoms with Crippen molar-refractivity contribution in [2.75, 3.05) is 12.4 Å². The molecule has 0 aliphatic heterocycles. The molecule has 1 aliphatic rings. The van der Waals surface area contributed by atoms with Gasteiger partial charge in [-0.3, -0.25) is 4.90 Å². The van der Waals surface area contributed by atoms with E-state index in [0.717, 1.165) is 12.8 Å². The Bertz CT molecular complexity index is 424. The molecule has 0 aromatic heterocycles. The van der Waals surface area contributed by atoms with Crippen LogP contribution >= 0.6 is 27.5 Å². The van der Waals surface area contributed by atoms with Gasteiger partial charge in [0.05, 0.1) is 4.47 Å². The standard InChI is InChI=1S/C13H15BrClF2N/c14-11-4-5-12(16)10(13(11)17)8-18(7-6-15)9-2-1-3-9/h4-5,9H,1-3,6-8H2. The number of benzene rings is 1. The third-order valence-corrected chi connectivity index (χ3v) is 4.24. The molecule has 100 valence electrons. The SMILES string of the molecule is Fc1ccc(Br)c(F)c1CN(CCCl)C1CCC1. The van der Waals surface area contributed by atoms with Gasteiger partial charge in [0, 0.05) is 30.6 Å². The molecule has 0 heterocycles. The molecule has 0 atom stereocenters. The monoisotopic (exact) mass is 337 g/mol. The topological polar surface area (TPSA) is 3.24 Å². The first kappa shape index (κ1) is 14.2. The van der Waals surface area contributed by atoms with Gasteiger partial charge in [-0.2, -0.15) is 0 Å². The number of alkyl halides is 1. The van der Waals surface area contributed by atoms with Gasteiger partial charge in [-0.1, -0.05) is 6.42 Å². The van der Waals surface area contributed by atoms with E-state index in [1.165, 1.54) is 18.6 Å². The van der Waals surface area contributed by atoms with Crippen molar-refractivity contribution in [1.29, 1.82) is 0 Å². The molecule has 0 unspecified atom stereocenters. The van der Waals surface area contributed by atoms with Crippen molar-refractivity contribution in [3.63, 3.8) is 0 Å². The van der Waals surface area contributed by atoms with E-state index in [9.17, 15) is 8.78 Å².